The first-order valence-corrected chi connectivity index (χ1v) is 4.44. The zero-order valence-corrected chi connectivity index (χ0v) is 7.96. The van der Waals surface area contributed by atoms with Gasteiger partial charge in [0.15, 0.2) is 0 Å². The maximum atomic E-state index is 9.59. The molecule has 12 heavy (non-hydrogen) atoms. The highest BCUT2D eigenvalue weighted by Crippen LogP contribution is 2.28. The zero-order chi connectivity index (χ0) is 9.14. The molecule has 1 aromatic carbocycles. The van der Waals surface area contributed by atoms with E-state index in [1.54, 1.807) is 0 Å². The SMILES string of the molecule is CC[C@@H](C)c1ccc(C)cc1O. The normalized spacial score (nSPS) is 12.9. The van der Waals surface area contributed by atoms with Crippen LogP contribution in [0.2, 0.25) is 0 Å². The molecule has 0 aromatic heterocycles. The summed E-state index contributed by atoms with van der Waals surface area (Å²) in [5.41, 5.74) is 2.17. The Kier molecular flexibility index (Phi) is 2.74. The molecule has 0 saturated heterocycles. The molecule has 0 bridgehead atoms. The molecule has 0 saturated carbocycles. The minimum atomic E-state index is 0.435. The number of hydrogen-bond acceptors (Lipinski definition) is 1. The lowest BCUT2D eigenvalue weighted by Gasteiger charge is -2.11. The fourth-order valence-electron chi connectivity index (χ4n) is 1.29. The Morgan fingerprint density at radius 2 is 2.08 bits per heavy atom. The Morgan fingerprint density at radius 3 is 2.58 bits per heavy atom. The predicted molar refractivity (Wildman–Crippen MR) is 51.5 cm³/mol. The van der Waals surface area contributed by atoms with Gasteiger partial charge in [-0.05, 0) is 36.5 Å². The summed E-state index contributed by atoms with van der Waals surface area (Å²) >= 11 is 0. The monoisotopic (exact) mass is 164 g/mol. The molecule has 0 aliphatic carbocycles. The quantitative estimate of drug-likeness (QED) is 0.711. The van der Waals surface area contributed by atoms with E-state index < -0.39 is 0 Å². The first-order valence-electron chi connectivity index (χ1n) is 4.44. The lowest BCUT2D eigenvalue weighted by molar-refractivity contribution is 0.461. The van der Waals surface area contributed by atoms with E-state index in [0.717, 1.165) is 17.5 Å². The lowest BCUT2D eigenvalue weighted by Crippen LogP contribution is -1.91. The van der Waals surface area contributed by atoms with Crippen LogP contribution < -0.4 is 0 Å². The molecule has 0 amide bonds. The van der Waals surface area contributed by atoms with Crippen LogP contribution in [0.5, 0.6) is 5.75 Å². The van der Waals surface area contributed by atoms with E-state index in [0.29, 0.717) is 11.7 Å². The van der Waals surface area contributed by atoms with Crippen molar-refractivity contribution in [2.24, 2.45) is 0 Å². The van der Waals surface area contributed by atoms with E-state index in [1.165, 1.54) is 0 Å². The smallest absolute Gasteiger partial charge is 0.119 e. The van der Waals surface area contributed by atoms with Gasteiger partial charge in [0.05, 0.1) is 0 Å². The van der Waals surface area contributed by atoms with Gasteiger partial charge < -0.3 is 5.11 Å². The Hall–Kier alpha value is -0.980. The van der Waals surface area contributed by atoms with Crippen LogP contribution in [0.15, 0.2) is 18.2 Å². The topological polar surface area (TPSA) is 20.2 Å². The highest BCUT2D eigenvalue weighted by molar-refractivity contribution is 5.37. The molecular weight excluding hydrogens is 148 g/mol. The van der Waals surface area contributed by atoms with Crippen molar-refractivity contribution in [1.82, 2.24) is 0 Å². The molecule has 1 rings (SSSR count). The number of aryl methyl sites for hydroxylation is 1. The van der Waals surface area contributed by atoms with Crippen LogP contribution in [0.3, 0.4) is 0 Å². The fraction of sp³-hybridized carbons (Fsp3) is 0.455. The summed E-state index contributed by atoms with van der Waals surface area (Å²) in [4.78, 5) is 0. The van der Waals surface area contributed by atoms with Gasteiger partial charge in [0, 0.05) is 0 Å². The Labute approximate surface area is 74.1 Å². The van der Waals surface area contributed by atoms with Gasteiger partial charge in [-0.2, -0.15) is 0 Å². The maximum Gasteiger partial charge on any atom is 0.119 e. The average molecular weight is 164 g/mol. The third kappa shape index (κ3) is 1.79. The summed E-state index contributed by atoms with van der Waals surface area (Å²) in [6, 6.07) is 5.88. The summed E-state index contributed by atoms with van der Waals surface area (Å²) in [6.45, 7) is 6.24. The van der Waals surface area contributed by atoms with Gasteiger partial charge in [-0.25, -0.2) is 0 Å². The summed E-state index contributed by atoms with van der Waals surface area (Å²) < 4.78 is 0. The van der Waals surface area contributed by atoms with Crippen molar-refractivity contribution in [1.29, 1.82) is 0 Å². The molecule has 0 aliphatic heterocycles. The number of rotatable bonds is 2. The molecule has 1 atom stereocenters. The first-order chi connectivity index (χ1) is 5.65. The van der Waals surface area contributed by atoms with Crippen LogP contribution in [0.4, 0.5) is 0 Å². The van der Waals surface area contributed by atoms with Crippen LogP contribution in [0.1, 0.15) is 37.3 Å². The second-order valence-electron chi connectivity index (χ2n) is 3.37. The third-order valence-electron chi connectivity index (χ3n) is 2.33. The second kappa shape index (κ2) is 3.61. The molecule has 0 aliphatic rings. The minimum absolute atomic E-state index is 0.435. The van der Waals surface area contributed by atoms with Crippen molar-refractivity contribution in [3.8, 4) is 5.75 Å². The standard InChI is InChI=1S/C11H16O/c1-4-9(3)10-6-5-8(2)7-11(10)12/h5-7,9,12H,4H2,1-3H3/t9-/m1/s1. The van der Waals surface area contributed by atoms with E-state index in [9.17, 15) is 5.11 Å². The number of phenolic OH excluding ortho intramolecular Hbond substituents is 1. The maximum absolute atomic E-state index is 9.59. The van der Waals surface area contributed by atoms with E-state index in [4.69, 9.17) is 0 Å². The molecule has 0 unspecified atom stereocenters. The molecular formula is C11H16O. The third-order valence-corrected chi connectivity index (χ3v) is 2.33. The van der Waals surface area contributed by atoms with E-state index >= 15 is 0 Å². The van der Waals surface area contributed by atoms with Gasteiger partial charge >= 0.3 is 0 Å². The summed E-state index contributed by atoms with van der Waals surface area (Å²) in [6.07, 6.45) is 1.07. The van der Waals surface area contributed by atoms with Gasteiger partial charge in [0.25, 0.3) is 0 Å². The highest BCUT2D eigenvalue weighted by Gasteiger charge is 2.07. The van der Waals surface area contributed by atoms with Gasteiger partial charge in [-0.3, -0.25) is 0 Å². The fourth-order valence-corrected chi connectivity index (χ4v) is 1.29. The van der Waals surface area contributed by atoms with Crippen molar-refractivity contribution in [2.45, 2.75) is 33.1 Å². The van der Waals surface area contributed by atoms with Crippen molar-refractivity contribution in [3.63, 3.8) is 0 Å². The molecule has 0 fully saturated rings. The predicted octanol–water partition coefficient (Wildman–Crippen LogP) is 3.21. The molecule has 66 valence electrons. The van der Waals surface area contributed by atoms with Crippen molar-refractivity contribution >= 4 is 0 Å². The summed E-state index contributed by atoms with van der Waals surface area (Å²) in [7, 11) is 0. The highest BCUT2D eigenvalue weighted by atomic mass is 16.3. The molecule has 1 nitrogen and oxygen atoms in total. The Bertz CT molecular complexity index is 266. The molecule has 1 N–H and O–H groups in total. The molecule has 1 aromatic rings. The van der Waals surface area contributed by atoms with Gasteiger partial charge in [-0.1, -0.05) is 26.0 Å². The zero-order valence-electron chi connectivity index (χ0n) is 7.96. The van der Waals surface area contributed by atoms with E-state index in [-0.39, 0.29) is 0 Å². The lowest BCUT2D eigenvalue weighted by atomic mass is 9.97. The number of aromatic hydroxyl groups is 1. The summed E-state index contributed by atoms with van der Waals surface area (Å²) in [5, 5.41) is 9.59. The van der Waals surface area contributed by atoms with Crippen LogP contribution in [-0.2, 0) is 0 Å². The van der Waals surface area contributed by atoms with Crippen LogP contribution >= 0.6 is 0 Å². The largest absolute Gasteiger partial charge is 0.508 e. The Balaban J connectivity index is 3.01. The second-order valence-corrected chi connectivity index (χ2v) is 3.37. The van der Waals surface area contributed by atoms with Gasteiger partial charge in [0.1, 0.15) is 5.75 Å². The van der Waals surface area contributed by atoms with Gasteiger partial charge in [-0.15, -0.1) is 0 Å². The number of benzene rings is 1. The van der Waals surface area contributed by atoms with Gasteiger partial charge in [0.2, 0.25) is 0 Å². The molecule has 0 radical (unpaired) electrons. The molecule has 0 spiro atoms. The van der Waals surface area contributed by atoms with Crippen molar-refractivity contribution in [3.05, 3.63) is 29.3 Å². The first kappa shape index (κ1) is 9.11. The van der Waals surface area contributed by atoms with E-state index in [2.05, 4.69) is 13.8 Å². The van der Waals surface area contributed by atoms with Crippen LogP contribution in [-0.4, -0.2) is 5.11 Å². The summed E-state index contributed by atoms with van der Waals surface area (Å²) in [5.74, 6) is 0.884. The van der Waals surface area contributed by atoms with E-state index in [1.807, 2.05) is 25.1 Å². The average Bonchev–Trinajstić information content (AvgIpc) is 2.03. The van der Waals surface area contributed by atoms with Crippen LogP contribution in [0.25, 0.3) is 0 Å². The molecule has 1 heteroatoms. The minimum Gasteiger partial charge on any atom is -0.508 e. The van der Waals surface area contributed by atoms with Crippen LogP contribution in [0, 0.1) is 6.92 Å². The number of phenols is 1. The van der Waals surface area contributed by atoms with Crippen molar-refractivity contribution < 1.29 is 5.11 Å². The number of hydrogen-bond donors (Lipinski definition) is 1. The Morgan fingerprint density at radius 1 is 1.42 bits per heavy atom. The molecule has 0 heterocycles. The van der Waals surface area contributed by atoms with Crippen molar-refractivity contribution in [2.75, 3.05) is 0 Å².